The first-order chi connectivity index (χ1) is 6.25. The van der Waals surface area contributed by atoms with E-state index < -0.39 is 11.6 Å². The molecule has 0 spiro atoms. The average molecular weight is 187 g/mol. The minimum atomic E-state index is -0.670. The number of benzene rings is 1. The number of ether oxygens (including phenoxy) is 1. The van der Waals surface area contributed by atoms with Gasteiger partial charge in [0.1, 0.15) is 6.61 Å². The van der Waals surface area contributed by atoms with E-state index in [1.54, 1.807) is 7.05 Å². The van der Waals surface area contributed by atoms with Crippen LogP contribution in [-0.4, -0.2) is 20.2 Å². The van der Waals surface area contributed by atoms with E-state index in [2.05, 4.69) is 5.32 Å². The third kappa shape index (κ3) is 2.66. The summed E-state index contributed by atoms with van der Waals surface area (Å²) in [5, 5.41) is 2.81. The molecule has 4 heteroatoms. The summed E-state index contributed by atoms with van der Waals surface area (Å²) in [7, 11) is 1.74. The molecule has 2 nitrogen and oxygen atoms in total. The summed E-state index contributed by atoms with van der Waals surface area (Å²) < 4.78 is 30.7. The molecule has 72 valence electrons. The Morgan fingerprint density at radius 3 is 2.46 bits per heavy atom. The number of nitrogens with one attached hydrogen (secondary N) is 1. The highest BCUT2D eigenvalue weighted by Gasteiger charge is 2.08. The lowest BCUT2D eigenvalue weighted by molar-refractivity contribution is 0.286. The van der Waals surface area contributed by atoms with Crippen LogP contribution in [0.15, 0.2) is 18.2 Å². The van der Waals surface area contributed by atoms with Crippen LogP contribution in [0.4, 0.5) is 8.78 Å². The Morgan fingerprint density at radius 2 is 1.92 bits per heavy atom. The lowest BCUT2D eigenvalue weighted by Crippen LogP contribution is -2.16. The summed E-state index contributed by atoms with van der Waals surface area (Å²) in [6.45, 7) is 0.794. The monoisotopic (exact) mass is 187 g/mol. The van der Waals surface area contributed by atoms with E-state index >= 15 is 0 Å². The Hall–Kier alpha value is -1.16. The lowest BCUT2D eigenvalue weighted by atomic mass is 10.3. The highest BCUT2D eigenvalue weighted by molar-refractivity contribution is 5.25. The maximum absolute atomic E-state index is 12.9. The summed E-state index contributed by atoms with van der Waals surface area (Å²) in [4.78, 5) is 0. The van der Waals surface area contributed by atoms with Crippen LogP contribution < -0.4 is 10.1 Å². The standard InChI is InChI=1S/C9H11F2NO/c1-12-5-6-13-9-7(10)3-2-4-8(9)11/h2-4,12H,5-6H2,1H3. The third-order valence-electron chi connectivity index (χ3n) is 1.52. The van der Waals surface area contributed by atoms with Gasteiger partial charge >= 0.3 is 0 Å². The fourth-order valence-electron chi connectivity index (χ4n) is 0.876. The molecule has 0 saturated heterocycles. The second kappa shape index (κ2) is 4.77. The molecule has 0 radical (unpaired) electrons. The Kier molecular flexibility index (Phi) is 3.64. The zero-order valence-electron chi connectivity index (χ0n) is 7.31. The van der Waals surface area contributed by atoms with Crippen molar-refractivity contribution in [1.29, 1.82) is 0 Å². The SMILES string of the molecule is CNCCOc1c(F)cccc1F. The summed E-state index contributed by atoms with van der Waals surface area (Å²) >= 11 is 0. The van der Waals surface area contributed by atoms with Crippen molar-refractivity contribution in [3.05, 3.63) is 29.8 Å². The zero-order chi connectivity index (χ0) is 9.68. The van der Waals surface area contributed by atoms with Crippen molar-refractivity contribution in [3.8, 4) is 5.75 Å². The van der Waals surface area contributed by atoms with Gasteiger partial charge < -0.3 is 10.1 Å². The molecule has 0 aliphatic carbocycles. The average Bonchev–Trinajstić information content (AvgIpc) is 2.10. The van der Waals surface area contributed by atoms with Crippen molar-refractivity contribution in [2.45, 2.75) is 0 Å². The molecule has 1 aromatic carbocycles. The van der Waals surface area contributed by atoms with E-state index in [4.69, 9.17) is 4.74 Å². The first-order valence-electron chi connectivity index (χ1n) is 3.97. The second-order valence-corrected chi connectivity index (χ2v) is 2.50. The first-order valence-corrected chi connectivity index (χ1v) is 3.97. The van der Waals surface area contributed by atoms with Gasteiger partial charge in [0.15, 0.2) is 17.4 Å². The quantitative estimate of drug-likeness (QED) is 0.722. The topological polar surface area (TPSA) is 21.3 Å². The zero-order valence-corrected chi connectivity index (χ0v) is 7.31. The summed E-state index contributed by atoms with van der Waals surface area (Å²) in [6, 6.07) is 3.63. The van der Waals surface area contributed by atoms with Crippen LogP contribution in [0.1, 0.15) is 0 Å². The molecular weight excluding hydrogens is 176 g/mol. The molecule has 0 aliphatic heterocycles. The molecular formula is C9H11F2NO. The third-order valence-corrected chi connectivity index (χ3v) is 1.52. The van der Waals surface area contributed by atoms with Crippen LogP contribution in [-0.2, 0) is 0 Å². The summed E-state index contributed by atoms with van der Waals surface area (Å²) in [5.74, 6) is -1.65. The molecule has 0 unspecified atom stereocenters. The van der Waals surface area contributed by atoms with Gasteiger partial charge in [0.05, 0.1) is 0 Å². The lowest BCUT2D eigenvalue weighted by Gasteiger charge is -2.06. The normalized spacial score (nSPS) is 10.1. The Balaban J connectivity index is 2.64. The fraction of sp³-hybridized carbons (Fsp3) is 0.333. The van der Waals surface area contributed by atoms with E-state index in [1.807, 2.05) is 0 Å². The van der Waals surface area contributed by atoms with Crippen LogP contribution in [0.2, 0.25) is 0 Å². The van der Waals surface area contributed by atoms with Crippen LogP contribution in [0, 0.1) is 11.6 Å². The van der Waals surface area contributed by atoms with Crippen LogP contribution in [0.3, 0.4) is 0 Å². The van der Waals surface area contributed by atoms with Crippen molar-refractivity contribution in [3.63, 3.8) is 0 Å². The van der Waals surface area contributed by atoms with Crippen molar-refractivity contribution in [2.75, 3.05) is 20.2 Å². The smallest absolute Gasteiger partial charge is 0.190 e. The number of halogens is 2. The molecule has 0 saturated carbocycles. The largest absolute Gasteiger partial charge is 0.486 e. The van der Waals surface area contributed by atoms with Crippen molar-refractivity contribution in [2.24, 2.45) is 0 Å². The fourth-order valence-corrected chi connectivity index (χ4v) is 0.876. The van der Waals surface area contributed by atoms with Gasteiger partial charge in [-0.1, -0.05) is 6.07 Å². The van der Waals surface area contributed by atoms with Crippen molar-refractivity contribution >= 4 is 0 Å². The number of rotatable bonds is 4. The minimum Gasteiger partial charge on any atom is -0.486 e. The van der Waals surface area contributed by atoms with Gasteiger partial charge in [0, 0.05) is 6.54 Å². The van der Waals surface area contributed by atoms with Crippen LogP contribution >= 0.6 is 0 Å². The van der Waals surface area contributed by atoms with E-state index in [9.17, 15) is 8.78 Å². The Labute approximate surface area is 75.5 Å². The summed E-state index contributed by atoms with van der Waals surface area (Å²) in [6.07, 6.45) is 0. The van der Waals surface area contributed by atoms with E-state index in [0.717, 1.165) is 12.1 Å². The number of hydrogen-bond acceptors (Lipinski definition) is 2. The second-order valence-electron chi connectivity index (χ2n) is 2.50. The van der Waals surface area contributed by atoms with Gasteiger partial charge in [-0.3, -0.25) is 0 Å². The molecule has 0 bridgehead atoms. The molecule has 0 aliphatic rings. The van der Waals surface area contributed by atoms with Gasteiger partial charge in [0.25, 0.3) is 0 Å². The predicted molar refractivity (Wildman–Crippen MR) is 45.8 cm³/mol. The predicted octanol–water partition coefficient (Wildman–Crippen LogP) is 1.56. The maximum Gasteiger partial charge on any atom is 0.190 e. The van der Waals surface area contributed by atoms with Crippen LogP contribution in [0.25, 0.3) is 0 Å². The Morgan fingerprint density at radius 1 is 1.31 bits per heavy atom. The summed E-state index contributed by atoms with van der Waals surface area (Å²) in [5.41, 5.74) is 0. The molecule has 0 fully saturated rings. The number of likely N-dealkylation sites (N-methyl/N-ethyl adjacent to an activating group) is 1. The maximum atomic E-state index is 12.9. The van der Waals surface area contributed by atoms with Gasteiger partial charge in [-0.05, 0) is 19.2 Å². The molecule has 0 atom stereocenters. The van der Waals surface area contributed by atoms with E-state index in [1.165, 1.54) is 6.07 Å². The van der Waals surface area contributed by atoms with Crippen LogP contribution in [0.5, 0.6) is 5.75 Å². The molecule has 0 heterocycles. The van der Waals surface area contributed by atoms with Gasteiger partial charge in [-0.15, -0.1) is 0 Å². The number of para-hydroxylation sites is 1. The van der Waals surface area contributed by atoms with Gasteiger partial charge in [-0.25, -0.2) is 8.78 Å². The van der Waals surface area contributed by atoms with Gasteiger partial charge in [-0.2, -0.15) is 0 Å². The Bertz CT molecular complexity index is 258. The number of hydrogen-bond donors (Lipinski definition) is 1. The molecule has 0 amide bonds. The molecule has 0 aromatic heterocycles. The van der Waals surface area contributed by atoms with Gasteiger partial charge in [0.2, 0.25) is 0 Å². The van der Waals surface area contributed by atoms with E-state index in [0.29, 0.717) is 6.54 Å². The van der Waals surface area contributed by atoms with Crippen molar-refractivity contribution in [1.82, 2.24) is 5.32 Å². The molecule has 1 aromatic rings. The molecule has 13 heavy (non-hydrogen) atoms. The van der Waals surface area contributed by atoms with Crippen molar-refractivity contribution < 1.29 is 13.5 Å². The molecule has 1 rings (SSSR count). The minimum absolute atomic E-state index is 0.244. The highest BCUT2D eigenvalue weighted by atomic mass is 19.1. The molecule has 1 N–H and O–H groups in total. The first kappa shape index (κ1) is 9.92. The highest BCUT2D eigenvalue weighted by Crippen LogP contribution is 2.20. The van der Waals surface area contributed by atoms with E-state index in [-0.39, 0.29) is 12.4 Å².